The molecule has 1 aromatic rings. The van der Waals surface area contributed by atoms with Crippen molar-refractivity contribution in [2.24, 2.45) is 5.92 Å². The number of thiophene rings is 1. The number of ether oxygens (including phenoxy) is 2. The summed E-state index contributed by atoms with van der Waals surface area (Å²) in [5.41, 5.74) is 1.47. The van der Waals surface area contributed by atoms with Gasteiger partial charge in [0, 0.05) is 11.3 Å². The third kappa shape index (κ3) is 5.34. The van der Waals surface area contributed by atoms with Crippen molar-refractivity contribution in [1.29, 1.82) is 0 Å². The number of rotatable bonds is 8. The highest BCUT2D eigenvalue weighted by Crippen LogP contribution is 2.38. The van der Waals surface area contributed by atoms with Crippen LogP contribution in [0.15, 0.2) is 0 Å². The minimum atomic E-state index is -0.418. The topological polar surface area (TPSA) is 81.7 Å². The number of aryl methyl sites for hydroxylation is 1. The van der Waals surface area contributed by atoms with Gasteiger partial charge in [-0.15, -0.1) is 11.3 Å². The van der Waals surface area contributed by atoms with Crippen molar-refractivity contribution >= 4 is 34.2 Å². The van der Waals surface area contributed by atoms with Crippen LogP contribution in [0.25, 0.3) is 0 Å². The summed E-state index contributed by atoms with van der Waals surface area (Å²) in [6.07, 6.45) is 9.92. The van der Waals surface area contributed by atoms with E-state index in [1.807, 2.05) is 0 Å². The molecule has 0 unspecified atom stereocenters. The van der Waals surface area contributed by atoms with Crippen molar-refractivity contribution in [2.45, 2.75) is 71.1 Å². The number of esters is 2. The van der Waals surface area contributed by atoms with Gasteiger partial charge in [-0.2, -0.15) is 0 Å². The molecule has 0 atom stereocenters. The van der Waals surface area contributed by atoms with Crippen LogP contribution in [0.5, 0.6) is 0 Å². The van der Waals surface area contributed by atoms with Gasteiger partial charge in [0.15, 0.2) is 6.61 Å². The Bertz CT molecular complexity index is 721. The molecule has 0 aliphatic heterocycles. The summed E-state index contributed by atoms with van der Waals surface area (Å²) in [6, 6.07) is 0. The molecule has 3 rings (SSSR count). The first-order valence-corrected chi connectivity index (χ1v) is 11.2. The minimum absolute atomic E-state index is 0.287. The molecule has 1 N–H and O–H groups in total. The first-order valence-electron chi connectivity index (χ1n) is 10.4. The number of carbonyl (C=O) groups is 3. The molecule has 154 valence electrons. The molecule has 6 nitrogen and oxygen atoms in total. The second-order valence-electron chi connectivity index (χ2n) is 7.53. The second kappa shape index (κ2) is 10.0. The van der Waals surface area contributed by atoms with E-state index in [1.54, 1.807) is 6.92 Å². The second-order valence-corrected chi connectivity index (χ2v) is 8.64. The lowest BCUT2D eigenvalue weighted by atomic mass is 9.95. The number of amides is 1. The minimum Gasteiger partial charge on any atom is -0.462 e. The van der Waals surface area contributed by atoms with Gasteiger partial charge in [-0.3, -0.25) is 9.59 Å². The van der Waals surface area contributed by atoms with Crippen LogP contribution in [-0.2, 0) is 31.9 Å². The number of hydrogen-bond donors (Lipinski definition) is 1. The van der Waals surface area contributed by atoms with Crippen LogP contribution in [0.3, 0.4) is 0 Å². The van der Waals surface area contributed by atoms with Crippen LogP contribution in [-0.4, -0.2) is 31.1 Å². The van der Waals surface area contributed by atoms with Crippen molar-refractivity contribution in [2.75, 3.05) is 18.5 Å². The number of carbonyl (C=O) groups excluding carboxylic acids is 3. The lowest BCUT2D eigenvalue weighted by Gasteiger charge is -2.12. The first-order chi connectivity index (χ1) is 13.6. The summed E-state index contributed by atoms with van der Waals surface area (Å²) >= 11 is 1.43. The molecule has 0 bridgehead atoms. The van der Waals surface area contributed by atoms with Gasteiger partial charge in [-0.25, -0.2) is 4.79 Å². The highest BCUT2D eigenvalue weighted by molar-refractivity contribution is 7.17. The van der Waals surface area contributed by atoms with Gasteiger partial charge in [-0.05, 0) is 50.5 Å². The van der Waals surface area contributed by atoms with Gasteiger partial charge in [0.25, 0.3) is 5.91 Å². The quantitative estimate of drug-likeness (QED) is 0.651. The maximum Gasteiger partial charge on any atom is 0.341 e. The molecule has 1 heterocycles. The lowest BCUT2D eigenvalue weighted by molar-refractivity contribution is -0.147. The zero-order valence-corrected chi connectivity index (χ0v) is 17.3. The number of fused-ring (bicyclic) bond motifs is 1. The van der Waals surface area contributed by atoms with Gasteiger partial charge in [0.05, 0.1) is 12.2 Å². The van der Waals surface area contributed by atoms with Crippen LogP contribution in [0.4, 0.5) is 5.00 Å². The van der Waals surface area contributed by atoms with Crippen LogP contribution >= 0.6 is 11.3 Å². The fraction of sp³-hybridized carbons (Fsp3) is 0.667. The van der Waals surface area contributed by atoms with E-state index in [1.165, 1.54) is 37.0 Å². The van der Waals surface area contributed by atoms with E-state index in [-0.39, 0.29) is 19.2 Å². The molecular weight excluding hydrogens is 378 g/mol. The predicted octanol–water partition coefficient (Wildman–Crippen LogP) is 4.26. The zero-order chi connectivity index (χ0) is 19.9. The molecular formula is C21H29NO5S. The van der Waals surface area contributed by atoms with E-state index in [0.29, 0.717) is 22.9 Å². The standard InChI is InChI=1S/C21H29NO5S/c1-2-26-21(25)19-15-9-5-6-10-16(15)28-20(19)22-17(23)13-27-18(24)12-11-14-7-3-4-8-14/h14H,2-13H2,1H3,(H,22,23). The Morgan fingerprint density at radius 1 is 1.07 bits per heavy atom. The van der Waals surface area contributed by atoms with Crippen LogP contribution < -0.4 is 5.32 Å². The Labute approximate surface area is 170 Å². The van der Waals surface area contributed by atoms with Crippen molar-refractivity contribution < 1.29 is 23.9 Å². The molecule has 0 spiro atoms. The van der Waals surface area contributed by atoms with Gasteiger partial charge in [0.2, 0.25) is 0 Å². The summed E-state index contributed by atoms with van der Waals surface area (Å²) in [5, 5.41) is 3.27. The summed E-state index contributed by atoms with van der Waals surface area (Å²) in [7, 11) is 0. The highest BCUT2D eigenvalue weighted by atomic mass is 32.1. The molecule has 1 aromatic heterocycles. The third-order valence-corrected chi connectivity index (χ3v) is 6.71. The average molecular weight is 408 g/mol. The van der Waals surface area contributed by atoms with Crippen molar-refractivity contribution in [3.8, 4) is 0 Å². The van der Waals surface area contributed by atoms with Crippen LogP contribution in [0, 0.1) is 5.92 Å². The molecule has 1 saturated carbocycles. The monoisotopic (exact) mass is 407 g/mol. The Hall–Kier alpha value is -1.89. The normalized spacial score (nSPS) is 16.5. The van der Waals surface area contributed by atoms with E-state index in [4.69, 9.17) is 9.47 Å². The van der Waals surface area contributed by atoms with Gasteiger partial charge in [-0.1, -0.05) is 25.7 Å². The van der Waals surface area contributed by atoms with E-state index < -0.39 is 11.9 Å². The molecule has 1 amide bonds. The lowest BCUT2D eigenvalue weighted by Crippen LogP contribution is -2.22. The number of anilines is 1. The van der Waals surface area contributed by atoms with Gasteiger partial charge < -0.3 is 14.8 Å². The van der Waals surface area contributed by atoms with Crippen LogP contribution in [0.2, 0.25) is 0 Å². The van der Waals surface area contributed by atoms with Crippen LogP contribution in [0.1, 0.15) is 79.1 Å². The predicted molar refractivity (Wildman–Crippen MR) is 108 cm³/mol. The molecule has 0 saturated heterocycles. The van der Waals surface area contributed by atoms with Gasteiger partial charge >= 0.3 is 11.9 Å². The van der Waals surface area contributed by atoms with E-state index in [0.717, 1.165) is 42.5 Å². The Kier molecular flexibility index (Phi) is 7.48. The Balaban J connectivity index is 1.55. The van der Waals surface area contributed by atoms with E-state index in [2.05, 4.69) is 5.32 Å². The smallest absolute Gasteiger partial charge is 0.341 e. The number of hydrogen-bond acceptors (Lipinski definition) is 6. The summed E-state index contributed by atoms with van der Waals surface area (Å²) in [4.78, 5) is 37.7. The van der Waals surface area contributed by atoms with Crippen molar-refractivity contribution in [1.82, 2.24) is 0 Å². The van der Waals surface area contributed by atoms with E-state index in [9.17, 15) is 14.4 Å². The number of nitrogens with one attached hydrogen (secondary N) is 1. The Morgan fingerprint density at radius 2 is 1.82 bits per heavy atom. The molecule has 2 aliphatic carbocycles. The SMILES string of the molecule is CCOC(=O)c1c(NC(=O)COC(=O)CCC2CCCC2)sc2c1CCCC2. The molecule has 1 fully saturated rings. The fourth-order valence-electron chi connectivity index (χ4n) is 4.08. The summed E-state index contributed by atoms with van der Waals surface area (Å²) in [6.45, 7) is 1.73. The first kappa shape index (κ1) is 20.8. The van der Waals surface area contributed by atoms with Gasteiger partial charge in [0.1, 0.15) is 5.00 Å². The average Bonchev–Trinajstić information content (AvgIpc) is 3.32. The largest absolute Gasteiger partial charge is 0.462 e. The van der Waals surface area contributed by atoms with Crippen molar-refractivity contribution in [3.63, 3.8) is 0 Å². The zero-order valence-electron chi connectivity index (χ0n) is 16.5. The molecule has 0 aromatic carbocycles. The molecule has 2 aliphatic rings. The third-order valence-electron chi connectivity index (χ3n) is 5.50. The highest BCUT2D eigenvalue weighted by Gasteiger charge is 2.27. The summed E-state index contributed by atoms with van der Waals surface area (Å²) < 4.78 is 10.3. The Morgan fingerprint density at radius 3 is 2.57 bits per heavy atom. The maximum atomic E-state index is 12.4. The summed E-state index contributed by atoms with van der Waals surface area (Å²) in [5.74, 6) is -0.534. The van der Waals surface area contributed by atoms with E-state index >= 15 is 0 Å². The maximum absolute atomic E-state index is 12.4. The molecule has 0 radical (unpaired) electrons. The van der Waals surface area contributed by atoms with Crippen molar-refractivity contribution in [3.05, 3.63) is 16.0 Å². The molecule has 28 heavy (non-hydrogen) atoms. The molecule has 7 heteroatoms. The fourth-order valence-corrected chi connectivity index (χ4v) is 5.37.